The Bertz CT molecular complexity index is 724. The minimum atomic E-state index is -5.68. The van der Waals surface area contributed by atoms with Crippen molar-refractivity contribution in [3.63, 3.8) is 0 Å². The first-order chi connectivity index (χ1) is 8.72. The van der Waals surface area contributed by atoms with Crippen molar-refractivity contribution in [1.29, 1.82) is 0 Å². The summed E-state index contributed by atoms with van der Waals surface area (Å²) in [5.74, 6) is -0.384. The molecule has 0 bridgehead atoms. The summed E-state index contributed by atoms with van der Waals surface area (Å²) < 4.78 is 62.9. The number of hydrogen-bond donors (Lipinski definition) is 1. The van der Waals surface area contributed by atoms with Crippen LogP contribution in [-0.2, 0) is 10.1 Å². The van der Waals surface area contributed by atoms with Gasteiger partial charge in [0, 0.05) is 10.3 Å². The molecule has 0 amide bonds. The van der Waals surface area contributed by atoms with E-state index in [-0.39, 0.29) is 11.1 Å². The Hall–Kier alpha value is -1.41. The Morgan fingerprint density at radius 1 is 1.00 bits per heavy atom. The Morgan fingerprint density at radius 2 is 1.58 bits per heavy atom. The third kappa shape index (κ3) is 2.64. The molecule has 0 saturated heterocycles. The lowest BCUT2D eigenvalue weighted by atomic mass is 10.1. The maximum absolute atomic E-state index is 12.3. The van der Waals surface area contributed by atoms with Crippen molar-refractivity contribution in [2.45, 2.75) is 10.4 Å². The van der Waals surface area contributed by atoms with Crippen molar-refractivity contribution in [3.05, 3.63) is 36.4 Å². The molecule has 0 atom stereocenters. The van der Waals surface area contributed by atoms with Gasteiger partial charge in [-0.2, -0.15) is 21.6 Å². The summed E-state index contributed by atoms with van der Waals surface area (Å²) in [5.41, 5.74) is -5.46. The van der Waals surface area contributed by atoms with E-state index < -0.39 is 15.6 Å². The van der Waals surface area contributed by atoms with Crippen molar-refractivity contribution in [2.24, 2.45) is 0 Å². The Labute approximate surface area is 112 Å². The molecule has 0 aliphatic rings. The zero-order valence-corrected chi connectivity index (χ0v) is 10.9. The molecule has 102 valence electrons. The highest BCUT2D eigenvalue weighted by molar-refractivity contribution is 7.88. The maximum atomic E-state index is 12.3. The zero-order chi connectivity index (χ0) is 14.3. The lowest BCUT2D eigenvalue weighted by molar-refractivity contribution is -0.0499. The Morgan fingerprint density at radius 3 is 2.16 bits per heavy atom. The van der Waals surface area contributed by atoms with Crippen LogP contribution in [0.5, 0.6) is 5.75 Å². The third-order valence-corrected chi connectivity index (χ3v) is 3.70. The van der Waals surface area contributed by atoms with E-state index in [9.17, 15) is 21.6 Å². The summed E-state index contributed by atoms with van der Waals surface area (Å²) in [6.07, 6.45) is 0. The zero-order valence-electron chi connectivity index (χ0n) is 9.18. The molecule has 0 unspecified atom stereocenters. The molecule has 2 rings (SSSR count). The molecule has 0 fully saturated rings. The largest absolute Gasteiger partial charge is 0.534 e. The molecule has 2 aromatic carbocycles. The summed E-state index contributed by atoms with van der Waals surface area (Å²) >= 11 is 4.14. The molecule has 0 aromatic heterocycles. The van der Waals surface area contributed by atoms with E-state index in [0.717, 1.165) is 6.07 Å². The van der Waals surface area contributed by atoms with Crippen molar-refractivity contribution in [1.82, 2.24) is 0 Å². The number of benzene rings is 2. The molecule has 19 heavy (non-hydrogen) atoms. The van der Waals surface area contributed by atoms with Gasteiger partial charge in [-0.3, -0.25) is 0 Å². The van der Waals surface area contributed by atoms with Gasteiger partial charge in [0.05, 0.1) is 0 Å². The maximum Gasteiger partial charge on any atom is 0.534 e. The quantitative estimate of drug-likeness (QED) is 0.525. The minimum Gasteiger partial charge on any atom is -0.375 e. The first-order valence-electron chi connectivity index (χ1n) is 4.94. The molecule has 8 heteroatoms. The first-order valence-corrected chi connectivity index (χ1v) is 6.79. The summed E-state index contributed by atoms with van der Waals surface area (Å²) in [6.45, 7) is 0. The Balaban J connectivity index is 2.57. The monoisotopic (exact) mass is 308 g/mol. The molecule has 0 radical (unpaired) electrons. The molecule has 0 N–H and O–H groups in total. The van der Waals surface area contributed by atoms with Crippen LogP contribution in [0.15, 0.2) is 41.3 Å². The number of thiol groups is 1. The predicted octanol–water partition coefficient (Wildman–Crippen LogP) is 3.36. The van der Waals surface area contributed by atoms with Crippen molar-refractivity contribution in [2.75, 3.05) is 0 Å². The average Bonchev–Trinajstić information content (AvgIpc) is 2.32. The summed E-state index contributed by atoms with van der Waals surface area (Å²) in [6, 6.07) is 8.77. The Kier molecular flexibility index (Phi) is 3.40. The molecular formula is C11H7F3O3S2. The first kappa shape index (κ1) is 14.0. The van der Waals surface area contributed by atoms with Crippen LogP contribution in [0.25, 0.3) is 10.8 Å². The van der Waals surface area contributed by atoms with Crippen molar-refractivity contribution in [3.8, 4) is 5.75 Å². The standard InChI is InChI=1S/C11H7F3O3S2/c12-11(13,14)19(15,16)17-9-5-6-10(18)8-4-2-1-3-7(8)9/h1-6,18H. The molecule has 0 spiro atoms. The lowest BCUT2D eigenvalue weighted by Crippen LogP contribution is -2.28. The van der Waals surface area contributed by atoms with Gasteiger partial charge in [-0.1, -0.05) is 24.3 Å². The van der Waals surface area contributed by atoms with Crippen LogP contribution < -0.4 is 4.18 Å². The van der Waals surface area contributed by atoms with Crippen LogP contribution >= 0.6 is 12.6 Å². The highest BCUT2D eigenvalue weighted by atomic mass is 32.2. The molecule has 3 nitrogen and oxygen atoms in total. The van der Waals surface area contributed by atoms with E-state index in [0.29, 0.717) is 10.3 Å². The van der Waals surface area contributed by atoms with Crippen molar-refractivity contribution < 1.29 is 25.8 Å². The molecule has 0 aliphatic carbocycles. The van der Waals surface area contributed by atoms with Gasteiger partial charge < -0.3 is 4.18 Å². The van der Waals surface area contributed by atoms with E-state index in [1.807, 2.05) is 0 Å². The normalized spacial score (nSPS) is 12.6. The number of rotatable bonds is 2. The second-order valence-electron chi connectivity index (χ2n) is 3.61. The van der Waals surface area contributed by atoms with Crippen LogP contribution in [0.4, 0.5) is 13.2 Å². The van der Waals surface area contributed by atoms with Crippen molar-refractivity contribution >= 4 is 33.5 Å². The van der Waals surface area contributed by atoms with E-state index >= 15 is 0 Å². The fourth-order valence-corrected chi connectivity index (χ4v) is 2.24. The van der Waals surface area contributed by atoms with Crippen LogP contribution in [0.1, 0.15) is 0 Å². The number of alkyl halides is 3. The second-order valence-corrected chi connectivity index (χ2v) is 5.63. The summed E-state index contributed by atoms with van der Waals surface area (Å²) in [7, 11) is -5.68. The van der Waals surface area contributed by atoms with Crippen LogP contribution in [-0.4, -0.2) is 13.9 Å². The van der Waals surface area contributed by atoms with Crippen LogP contribution in [0, 0.1) is 0 Å². The van der Waals surface area contributed by atoms with Gasteiger partial charge in [-0.15, -0.1) is 12.6 Å². The van der Waals surface area contributed by atoms with E-state index in [4.69, 9.17) is 0 Å². The third-order valence-electron chi connectivity index (χ3n) is 2.34. The summed E-state index contributed by atoms with van der Waals surface area (Å²) in [4.78, 5) is 0.507. The topological polar surface area (TPSA) is 43.4 Å². The van der Waals surface area contributed by atoms with Gasteiger partial charge in [0.25, 0.3) is 0 Å². The van der Waals surface area contributed by atoms with Crippen LogP contribution in [0.3, 0.4) is 0 Å². The molecule has 0 aliphatic heterocycles. The SMILES string of the molecule is O=S(=O)(Oc1ccc(S)c2ccccc12)C(F)(F)F. The highest BCUT2D eigenvalue weighted by Crippen LogP contribution is 2.34. The lowest BCUT2D eigenvalue weighted by Gasteiger charge is -2.12. The van der Waals surface area contributed by atoms with Gasteiger partial charge in [-0.05, 0) is 17.5 Å². The van der Waals surface area contributed by atoms with Crippen LogP contribution in [0.2, 0.25) is 0 Å². The number of hydrogen-bond acceptors (Lipinski definition) is 4. The fraction of sp³-hybridized carbons (Fsp3) is 0.0909. The molecule has 0 heterocycles. The second kappa shape index (κ2) is 4.61. The summed E-state index contributed by atoms with van der Waals surface area (Å²) in [5, 5.41) is 0.739. The number of halogens is 3. The predicted molar refractivity (Wildman–Crippen MR) is 66.8 cm³/mol. The minimum absolute atomic E-state index is 0.239. The van der Waals surface area contributed by atoms with E-state index in [1.54, 1.807) is 18.2 Å². The van der Waals surface area contributed by atoms with E-state index in [1.165, 1.54) is 12.1 Å². The fourth-order valence-electron chi connectivity index (χ4n) is 1.49. The van der Waals surface area contributed by atoms with Gasteiger partial charge >= 0.3 is 15.6 Å². The smallest absolute Gasteiger partial charge is 0.375 e. The van der Waals surface area contributed by atoms with Gasteiger partial charge in [-0.25, -0.2) is 0 Å². The molecule has 2 aromatic rings. The molecule has 0 saturated carbocycles. The highest BCUT2D eigenvalue weighted by Gasteiger charge is 2.48. The van der Waals surface area contributed by atoms with Gasteiger partial charge in [0.15, 0.2) is 5.75 Å². The van der Waals surface area contributed by atoms with Gasteiger partial charge in [0.2, 0.25) is 0 Å². The van der Waals surface area contributed by atoms with Gasteiger partial charge in [0.1, 0.15) is 0 Å². The number of fused-ring (bicyclic) bond motifs is 1. The average molecular weight is 308 g/mol. The van der Waals surface area contributed by atoms with E-state index in [2.05, 4.69) is 16.8 Å². The molecular weight excluding hydrogens is 301 g/mol.